The SMILES string of the molecule is Cc1[nH]c2ccccc2c1C(=O)COC(=O)c1ccc2c(=O)n3c(nc2c1)CCCCC3. The van der Waals surface area contributed by atoms with Crippen molar-refractivity contribution in [2.45, 2.75) is 39.2 Å². The second-order valence-corrected chi connectivity index (χ2v) is 8.20. The molecule has 0 aliphatic carbocycles. The molecule has 0 spiro atoms. The first-order valence-corrected chi connectivity index (χ1v) is 10.8. The van der Waals surface area contributed by atoms with Crippen molar-refractivity contribution in [1.29, 1.82) is 0 Å². The Hall–Kier alpha value is -3.74. The van der Waals surface area contributed by atoms with Gasteiger partial charge < -0.3 is 9.72 Å². The highest BCUT2D eigenvalue weighted by Crippen LogP contribution is 2.23. The van der Waals surface area contributed by atoms with Crippen molar-refractivity contribution in [1.82, 2.24) is 14.5 Å². The molecule has 2 aromatic heterocycles. The number of hydrogen-bond acceptors (Lipinski definition) is 5. The molecule has 0 saturated carbocycles. The fourth-order valence-electron chi connectivity index (χ4n) is 4.47. The van der Waals surface area contributed by atoms with E-state index in [0.29, 0.717) is 23.0 Å². The highest BCUT2D eigenvalue weighted by atomic mass is 16.5. The summed E-state index contributed by atoms with van der Waals surface area (Å²) in [5.74, 6) is -0.124. The molecule has 0 unspecified atom stereocenters. The number of para-hydroxylation sites is 1. The molecule has 0 radical (unpaired) electrons. The van der Waals surface area contributed by atoms with Crippen LogP contribution in [-0.4, -0.2) is 32.9 Å². The molecule has 0 saturated heterocycles. The lowest BCUT2D eigenvalue weighted by atomic mass is 10.1. The van der Waals surface area contributed by atoms with Crippen LogP contribution in [0.1, 0.15) is 51.5 Å². The predicted octanol–water partition coefficient (Wildman–Crippen LogP) is 3.95. The van der Waals surface area contributed by atoms with Gasteiger partial charge in [-0.05, 0) is 44.0 Å². The summed E-state index contributed by atoms with van der Waals surface area (Å²) in [4.78, 5) is 46.1. The summed E-state index contributed by atoms with van der Waals surface area (Å²) < 4.78 is 7.06. The van der Waals surface area contributed by atoms with Crippen molar-refractivity contribution >= 4 is 33.6 Å². The third kappa shape index (κ3) is 3.49. The number of rotatable bonds is 4. The molecule has 0 bridgehead atoms. The highest BCUT2D eigenvalue weighted by molar-refractivity contribution is 6.10. The summed E-state index contributed by atoms with van der Waals surface area (Å²) in [7, 11) is 0. The number of benzene rings is 2. The Kier molecular flexibility index (Phi) is 5.09. The Balaban J connectivity index is 1.38. The highest BCUT2D eigenvalue weighted by Gasteiger charge is 2.19. The van der Waals surface area contributed by atoms with Crippen LogP contribution >= 0.6 is 0 Å². The zero-order chi connectivity index (χ0) is 22.2. The van der Waals surface area contributed by atoms with Crippen LogP contribution in [0, 0.1) is 6.92 Å². The molecule has 162 valence electrons. The number of nitrogens with zero attached hydrogens (tertiary/aromatic N) is 2. The van der Waals surface area contributed by atoms with Crippen LogP contribution in [0.3, 0.4) is 0 Å². The number of aromatic nitrogens is 3. The maximum atomic E-state index is 12.9. The molecular weight excluding hydrogens is 406 g/mol. The number of carbonyl (C=O) groups excluding carboxylic acids is 2. The van der Waals surface area contributed by atoms with Crippen LogP contribution in [0.5, 0.6) is 0 Å². The van der Waals surface area contributed by atoms with Crippen LogP contribution in [-0.2, 0) is 17.7 Å². The molecule has 4 aromatic rings. The number of fused-ring (bicyclic) bond motifs is 3. The Labute approximate surface area is 184 Å². The third-order valence-electron chi connectivity index (χ3n) is 6.06. The van der Waals surface area contributed by atoms with Gasteiger partial charge in [-0.25, -0.2) is 9.78 Å². The molecule has 7 heteroatoms. The second-order valence-electron chi connectivity index (χ2n) is 8.20. The number of nitrogens with one attached hydrogen (secondary N) is 1. The van der Waals surface area contributed by atoms with Gasteiger partial charge in [0.1, 0.15) is 5.82 Å². The summed E-state index contributed by atoms with van der Waals surface area (Å²) in [5, 5.41) is 1.29. The van der Waals surface area contributed by atoms with Gasteiger partial charge in [0.25, 0.3) is 5.56 Å². The summed E-state index contributed by atoms with van der Waals surface area (Å²) in [6.07, 6.45) is 3.78. The van der Waals surface area contributed by atoms with Gasteiger partial charge in [-0.2, -0.15) is 0 Å². The average Bonchev–Trinajstić information content (AvgIpc) is 2.96. The quantitative estimate of drug-likeness (QED) is 0.392. The van der Waals surface area contributed by atoms with Gasteiger partial charge >= 0.3 is 5.97 Å². The van der Waals surface area contributed by atoms with E-state index in [1.54, 1.807) is 22.8 Å². The summed E-state index contributed by atoms with van der Waals surface area (Å²) in [6, 6.07) is 12.3. The van der Waals surface area contributed by atoms with E-state index >= 15 is 0 Å². The number of aryl methyl sites for hydroxylation is 2. The lowest BCUT2D eigenvalue weighted by molar-refractivity contribution is 0.0475. The largest absolute Gasteiger partial charge is 0.454 e. The van der Waals surface area contributed by atoms with E-state index < -0.39 is 5.97 Å². The van der Waals surface area contributed by atoms with Crippen molar-refractivity contribution in [2.75, 3.05) is 6.61 Å². The van der Waals surface area contributed by atoms with Crippen LogP contribution in [0.4, 0.5) is 0 Å². The van der Waals surface area contributed by atoms with E-state index in [1.165, 1.54) is 0 Å². The minimum absolute atomic E-state index is 0.0724. The fraction of sp³-hybridized carbons (Fsp3) is 0.280. The molecule has 1 N–H and O–H groups in total. The van der Waals surface area contributed by atoms with E-state index in [-0.39, 0.29) is 23.5 Å². The topological polar surface area (TPSA) is 94.0 Å². The third-order valence-corrected chi connectivity index (χ3v) is 6.06. The fourth-order valence-corrected chi connectivity index (χ4v) is 4.47. The van der Waals surface area contributed by atoms with Gasteiger partial charge in [0.2, 0.25) is 5.78 Å². The number of ketones is 1. The number of aromatic amines is 1. The number of Topliss-reactive ketones (excluding diaryl/α,β-unsaturated/α-hetero) is 1. The average molecular weight is 429 g/mol. The smallest absolute Gasteiger partial charge is 0.338 e. The monoisotopic (exact) mass is 429 g/mol. The Morgan fingerprint density at radius 1 is 1.09 bits per heavy atom. The van der Waals surface area contributed by atoms with Crippen LogP contribution in [0.25, 0.3) is 21.8 Å². The zero-order valence-corrected chi connectivity index (χ0v) is 17.8. The first kappa shape index (κ1) is 20.2. The number of hydrogen-bond donors (Lipinski definition) is 1. The Morgan fingerprint density at radius 2 is 1.94 bits per heavy atom. The standard InChI is InChI=1S/C25H23N3O4/c1-15-23(17-7-4-5-8-19(17)26-15)21(29)14-32-25(31)16-10-11-18-20(13-16)27-22-9-3-2-6-12-28(22)24(18)30/h4-5,7-8,10-11,13,26H,2-3,6,9,12,14H2,1H3. The summed E-state index contributed by atoms with van der Waals surface area (Å²) in [5.41, 5.74) is 2.82. The van der Waals surface area contributed by atoms with Crippen molar-refractivity contribution in [3.8, 4) is 0 Å². The molecule has 32 heavy (non-hydrogen) atoms. The van der Waals surface area contributed by atoms with Crippen molar-refractivity contribution in [3.05, 3.63) is 75.5 Å². The molecule has 1 aliphatic rings. The van der Waals surface area contributed by atoms with Crippen molar-refractivity contribution in [2.24, 2.45) is 0 Å². The molecule has 5 rings (SSSR count). The van der Waals surface area contributed by atoms with Gasteiger partial charge in [0.05, 0.1) is 16.5 Å². The van der Waals surface area contributed by atoms with Crippen molar-refractivity contribution < 1.29 is 14.3 Å². The number of carbonyl (C=O) groups is 2. The Morgan fingerprint density at radius 3 is 2.81 bits per heavy atom. The molecule has 0 atom stereocenters. The molecule has 1 aliphatic heterocycles. The second kappa shape index (κ2) is 8.07. The number of esters is 1. The zero-order valence-electron chi connectivity index (χ0n) is 17.8. The maximum Gasteiger partial charge on any atom is 0.338 e. The van der Waals surface area contributed by atoms with Gasteiger partial charge in [0, 0.05) is 35.1 Å². The van der Waals surface area contributed by atoms with Gasteiger partial charge in [0.15, 0.2) is 6.61 Å². The molecule has 7 nitrogen and oxygen atoms in total. The van der Waals surface area contributed by atoms with Crippen LogP contribution in [0.15, 0.2) is 47.3 Å². The first-order chi connectivity index (χ1) is 15.5. The lowest BCUT2D eigenvalue weighted by Gasteiger charge is -2.11. The molecular formula is C25H23N3O4. The maximum absolute atomic E-state index is 12.9. The van der Waals surface area contributed by atoms with E-state index in [4.69, 9.17) is 4.74 Å². The first-order valence-electron chi connectivity index (χ1n) is 10.8. The van der Waals surface area contributed by atoms with Gasteiger partial charge in [-0.3, -0.25) is 14.2 Å². The Bertz CT molecular complexity index is 1430. The van der Waals surface area contributed by atoms with E-state index in [9.17, 15) is 14.4 Å². The van der Waals surface area contributed by atoms with Gasteiger partial charge in [-0.15, -0.1) is 0 Å². The van der Waals surface area contributed by atoms with E-state index in [0.717, 1.165) is 48.1 Å². The summed E-state index contributed by atoms with van der Waals surface area (Å²) in [6.45, 7) is 2.14. The van der Waals surface area contributed by atoms with Gasteiger partial charge in [-0.1, -0.05) is 24.6 Å². The lowest BCUT2D eigenvalue weighted by Crippen LogP contribution is -2.24. The minimum atomic E-state index is -0.616. The number of H-pyrrole nitrogens is 1. The normalized spacial score (nSPS) is 13.7. The summed E-state index contributed by atoms with van der Waals surface area (Å²) >= 11 is 0. The van der Waals surface area contributed by atoms with Crippen LogP contribution in [0.2, 0.25) is 0 Å². The van der Waals surface area contributed by atoms with E-state index in [2.05, 4.69) is 9.97 Å². The molecule has 3 heterocycles. The van der Waals surface area contributed by atoms with Crippen LogP contribution < -0.4 is 5.56 Å². The minimum Gasteiger partial charge on any atom is -0.454 e. The predicted molar refractivity (Wildman–Crippen MR) is 121 cm³/mol. The van der Waals surface area contributed by atoms with Crippen molar-refractivity contribution in [3.63, 3.8) is 0 Å². The molecule has 0 fully saturated rings. The molecule has 0 amide bonds. The molecule has 2 aromatic carbocycles. The van der Waals surface area contributed by atoms with E-state index in [1.807, 2.05) is 31.2 Å². The number of ether oxygens (including phenoxy) is 1.